The lowest BCUT2D eigenvalue weighted by molar-refractivity contribution is -0.159. The summed E-state index contributed by atoms with van der Waals surface area (Å²) in [6.45, 7) is 1.58. The zero-order chi connectivity index (χ0) is 13.7. The zero-order valence-corrected chi connectivity index (χ0v) is 9.63. The molecule has 6 heteroatoms. The van der Waals surface area contributed by atoms with Crippen LogP contribution in [0.5, 0.6) is 0 Å². The lowest BCUT2D eigenvalue weighted by Crippen LogP contribution is -2.30. The Morgan fingerprint density at radius 1 is 1.56 bits per heavy atom. The Balaban J connectivity index is 2.94. The van der Waals surface area contributed by atoms with E-state index in [0.717, 1.165) is 12.1 Å². The highest BCUT2D eigenvalue weighted by atomic mass is 19.1. The topological polar surface area (TPSA) is 90.6 Å². The number of halogens is 1. The molecular weight excluding hydrogens is 241 g/mol. The minimum absolute atomic E-state index is 0.0401. The predicted molar refractivity (Wildman–Crippen MR) is 58.7 cm³/mol. The van der Waals surface area contributed by atoms with Crippen molar-refractivity contribution in [3.8, 4) is 6.07 Å². The lowest BCUT2D eigenvalue weighted by Gasteiger charge is -2.17. The van der Waals surface area contributed by atoms with Gasteiger partial charge in [0.05, 0.1) is 18.2 Å². The van der Waals surface area contributed by atoms with Crippen molar-refractivity contribution >= 4 is 5.97 Å². The third-order valence-electron chi connectivity index (χ3n) is 2.28. The molecule has 0 fully saturated rings. The van der Waals surface area contributed by atoms with Crippen LogP contribution in [0.4, 0.5) is 4.39 Å². The van der Waals surface area contributed by atoms with Crippen molar-refractivity contribution in [2.45, 2.75) is 19.1 Å². The average molecular weight is 253 g/mol. The summed E-state index contributed by atoms with van der Waals surface area (Å²) >= 11 is 0. The molecule has 2 atom stereocenters. The maximum atomic E-state index is 13.5. The number of benzene rings is 1. The van der Waals surface area contributed by atoms with Crippen molar-refractivity contribution < 1.29 is 24.1 Å². The Morgan fingerprint density at radius 3 is 2.72 bits per heavy atom. The third-order valence-corrected chi connectivity index (χ3v) is 2.28. The Bertz CT molecular complexity index is 483. The second-order valence-corrected chi connectivity index (χ2v) is 3.49. The summed E-state index contributed by atoms with van der Waals surface area (Å²) in [4.78, 5) is 11.2. The molecule has 0 aliphatic rings. The number of carbonyl (C=O) groups is 1. The van der Waals surface area contributed by atoms with Crippen molar-refractivity contribution in [3.05, 3.63) is 35.1 Å². The molecule has 0 heterocycles. The molecule has 0 radical (unpaired) electrons. The van der Waals surface area contributed by atoms with Crippen molar-refractivity contribution in [2.75, 3.05) is 6.61 Å². The van der Waals surface area contributed by atoms with E-state index in [1.54, 1.807) is 13.0 Å². The first-order chi connectivity index (χ1) is 8.51. The highest BCUT2D eigenvalue weighted by molar-refractivity contribution is 5.75. The van der Waals surface area contributed by atoms with Gasteiger partial charge in [0, 0.05) is 5.56 Å². The maximum Gasteiger partial charge on any atom is 0.338 e. The van der Waals surface area contributed by atoms with E-state index in [2.05, 4.69) is 4.74 Å². The summed E-state index contributed by atoms with van der Waals surface area (Å²) in [7, 11) is 0. The summed E-state index contributed by atoms with van der Waals surface area (Å²) in [5, 5.41) is 27.7. The van der Waals surface area contributed by atoms with Crippen LogP contribution < -0.4 is 0 Å². The van der Waals surface area contributed by atoms with Crippen LogP contribution >= 0.6 is 0 Å². The second-order valence-electron chi connectivity index (χ2n) is 3.49. The van der Waals surface area contributed by atoms with E-state index in [-0.39, 0.29) is 17.7 Å². The molecule has 0 saturated heterocycles. The number of hydrogen-bond acceptors (Lipinski definition) is 5. The van der Waals surface area contributed by atoms with E-state index in [9.17, 15) is 19.4 Å². The first-order valence-electron chi connectivity index (χ1n) is 5.23. The summed E-state index contributed by atoms with van der Waals surface area (Å²) in [6, 6.07) is 5.06. The number of carbonyl (C=O) groups excluding carboxylic acids is 1. The normalized spacial score (nSPS) is 13.5. The fraction of sp³-hybridized carbons (Fsp3) is 0.333. The van der Waals surface area contributed by atoms with Gasteiger partial charge in [-0.1, -0.05) is 6.07 Å². The van der Waals surface area contributed by atoms with Crippen molar-refractivity contribution in [2.24, 2.45) is 0 Å². The summed E-state index contributed by atoms with van der Waals surface area (Å²) in [6.07, 6.45) is -3.61. The molecule has 1 aromatic rings. The number of aliphatic hydroxyl groups is 2. The number of aliphatic hydroxyl groups excluding tert-OH is 2. The monoisotopic (exact) mass is 253 g/mol. The van der Waals surface area contributed by atoms with Crippen LogP contribution in [0.1, 0.15) is 24.2 Å². The zero-order valence-electron chi connectivity index (χ0n) is 9.63. The number of ether oxygens (including phenoxy) is 1. The molecule has 2 N–H and O–H groups in total. The van der Waals surface area contributed by atoms with E-state index in [1.807, 2.05) is 0 Å². The van der Waals surface area contributed by atoms with Crippen LogP contribution in [0.25, 0.3) is 0 Å². The van der Waals surface area contributed by atoms with Gasteiger partial charge in [0.2, 0.25) is 0 Å². The molecule has 5 nitrogen and oxygen atoms in total. The molecule has 0 saturated carbocycles. The van der Waals surface area contributed by atoms with Crippen molar-refractivity contribution in [1.82, 2.24) is 0 Å². The van der Waals surface area contributed by atoms with Gasteiger partial charge in [-0.05, 0) is 19.1 Å². The van der Waals surface area contributed by atoms with Gasteiger partial charge in [-0.15, -0.1) is 0 Å². The molecular formula is C12H12FNO4. The van der Waals surface area contributed by atoms with E-state index < -0.39 is 24.0 Å². The number of hydrogen-bond donors (Lipinski definition) is 2. The molecule has 0 aliphatic carbocycles. The highest BCUT2D eigenvalue weighted by Gasteiger charge is 2.28. The first-order valence-corrected chi connectivity index (χ1v) is 5.23. The van der Waals surface area contributed by atoms with Gasteiger partial charge >= 0.3 is 5.97 Å². The van der Waals surface area contributed by atoms with Gasteiger partial charge in [0.25, 0.3) is 0 Å². The van der Waals surface area contributed by atoms with Gasteiger partial charge in [-0.3, -0.25) is 0 Å². The minimum atomic E-state index is -1.87. The second kappa shape index (κ2) is 6.10. The number of rotatable bonds is 4. The van der Waals surface area contributed by atoms with Gasteiger partial charge in [0.15, 0.2) is 6.10 Å². The fourth-order valence-electron chi connectivity index (χ4n) is 1.36. The largest absolute Gasteiger partial charge is 0.464 e. The molecule has 0 aromatic heterocycles. The highest BCUT2D eigenvalue weighted by Crippen LogP contribution is 2.22. The molecule has 0 amide bonds. The molecule has 2 unspecified atom stereocenters. The van der Waals surface area contributed by atoms with Gasteiger partial charge in [0.1, 0.15) is 11.9 Å². The molecule has 96 valence electrons. The quantitative estimate of drug-likeness (QED) is 0.769. The van der Waals surface area contributed by atoms with Crippen LogP contribution in [0, 0.1) is 17.1 Å². The van der Waals surface area contributed by atoms with E-state index in [0.29, 0.717) is 0 Å². The molecule has 1 aromatic carbocycles. The Labute approximate surface area is 103 Å². The molecule has 0 aliphatic heterocycles. The average Bonchev–Trinajstić information content (AvgIpc) is 2.37. The Morgan fingerprint density at radius 2 is 2.22 bits per heavy atom. The smallest absolute Gasteiger partial charge is 0.338 e. The maximum absolute atomic E-state index is 13.5. The van der Waals surface area contributed by atoms with Crippen LogP contribution in [0.2, 0.25) is 0 Å². The Hall–Kier alpha value is -1.97. The van der Waals surface area contributed by atoms with E-state index in [1.165, 1.54) is 6.07 Å². The van der Waals surface area contributed by atoms with Crippen molar-refractivity contribution in [1.29, 1.82) is 5.26 Å². The van der Waals surface area contributed by atoms with Crippen LogP contribution in [0.3, 0.4) is 0 Å². The third kappa shape index (κ3) is 3.03. The summed E-state index contributed by atoms with van der Waals surface area (Å²) in [5.74, 6) is -1.90. The standard InChI is InChI=1S/C12H12FNO4/c1-2-18-12(17)11(16)10(15)8-4-3-7(6-14)5-9(8)13/h3-5,10-11,15-16H,2H2,1H3. The molecule has 0 spiro atoms. The lowest BCUT2D eigenvalue weighted by atomic mass is 10.0. The van der Waals surface area contributed by atoms with Gasteiger partial charge in [-0.2, -0.15) is 5.26 Å². The van der Waals surface area contributed by atoms with E-state index >= 15 is 0 Å². The number of nitriles is 1. The van der Waals surface area contributed by atoms with Crippen LogP contribution in [-0.2, 0) is 9.53 Å². The predicted octanol–water partition coefficient (Wildman–Crippen LogP) is 0.655. The first kappa shape index (κ1) is 14.1. The summed E-state index contributed by atoms with van der Waals surface area (Å²) < 4.78 is 18.0. The SMILES string of the molecule is CCOC(=O)C(O)C(O)c1ccc(C#N)cc1F. The van der Waals surface area contributed by atoms with Crippen LogP contribution in [0.15, 0.2) is 18.2 Å². The van der Waals surface area contributed by atoms with Crippen LogP contribution in [-0.4, -0.2) is 28.9 Å². The van der Waals surface area contributed by atoms with Gasteiger partial charge < -0.3 is 14.9 Å². The van der Waals surface area contributed by atoms with Gasteiger partial charge in [-0.25, -0.2) is 9.18 Å². The molecule has 1 rings (SSSR count). The number of nitrogens with zero attached hydrogens (tertiary/aromatic N) is 1. The molecule has 18 heavy (non-hydrogen) atoms. The van der Waals surface area contributed by atoms with E-state index in [4.69, 9.17) is 5.26 Å². The molecule has 0 bridgehead atoms. The Kier molecular flexibility index (Phi) is 4.77. The summed E-state index contributed by atoms with van der Waals surface area (Å²) in [5.41, 5.74) is -0.191. The van der Waals surface area contributed by atoms with Crippen molar-refractivity contribution in [3.63, 3.8) is 0 Å². The fourth-order valence-corrected chi connectivity index (χ4v) is 1.36. The minimum Gasteiger partial charge on any atom is -0.464 e. The number of esters is 1.